The van der Waals surface area contributed by atoms with Gasteiger partial charge in [0.05, 0.1) is 18.8 Å². The maximum absolute atomic E-state index is 12.9. The molecule has 0 heterocycles. The number of nitrogens with one attached hydrogen (secondary N) is 1. The van der Waals surface area contributed by atoms with Crippen LogP contribution in [0.25, 0.3) is 0 Å². The van der Waals surface area contributed by atoms with Gasteiger partial charge in [-0.15, -0.1) is 0 Å². The van der Waals surface area contributed by atoms with E-state index >= 15 is 0 Å². The summed E-state index contributed by atoms with van der Waals surface area (Å²) in [4.78, 5) is 12.9. The molecule has 2 fully saturated rings. The first-order chi connectivity index (χ1) is 12.9. The van der Waals surface area contributed by atoms with Crippen LogP contribution < -0.4 is 11.1 Å². The van der Waals surface area contributed by atoms with Crippen molar-refractivity contribution < 1.29 is 14.3 Å². The van der Waals surface area contributed by atoms with Gasteiger partial charge in [0.1, 0.15) is 5.54 Å². The summed E-state index contributed by atoms with van der Waals surface area (Å²) in [7, 11) is 0. The van der Waals surface area contributed by atoms with Gasteiger partial charge in [0.2, 0.25) is 5.91 Å². The summed E-state index contributed by atoms with van der Waals surface area (Å²) in [6.07, 6.45) is 7.09. The van der Waals surface area contributed by atoms with E-state index < -0.39 is 11.0 Å². The van der Waals surface area contributed by atoms with Gasteiger partial charge in [0.15, 0.2) is 0 Å². The molecular formula is C22H34N2O3. The summed E-state index contributed by atoms with van der Waals surface area (Å²) in [5.41, 5.74) is 7.00. The zero-order valence-corrected chi connectivity index (χ0v) is 16.9. The van der Waals surface area contributed by atoms with E-state index in [1.165, 1.54) is 19.3 Å². The van der Waals surface area contributed by atoms with Crippen LogP contribution in [-0.2, 0) is 20.9 Å². The molecule has 0 aliphatic heterocycles. The molecule has 5 nitrogen and oxygen atoms in total. The molecular weight excluding hydrogens is 340 g/mol. The standard InChI is InChI=1S/C22H34N2O3/c1-4-26-19-14-22(23,21(19,2)3)20(25)24-17-10-8-9-16(13-17)15-27-18-11-6-5-7-12-18/h8-10,13,18-19H,4-7,11-12,14-15,23H2,1-3H3,(H,24,25). The molecule has 27 heavy (non-hydrogen) atoms. The Morgan fingerprint density at radius 3 is 2.63 bits per heavy atom. The van der Waals surface area contributed by atoms with Crippen molar-refractivity contribution in [2.24, 2.45) is 11.1 Å². The Kier molecular flexibility index (Phi) is 6.24. The summed E-state index contributed by atoms with van der Waals surface area (Å²) in [6.45, 7) is 7.19. The number of hydrogen-bond donors (Lipinski definition) is 2. The Balaban J connectivity index is 1.58. The first kappa shape index (κ1) is 20.3. The maximum Gasteiger partial charge on any atom is 0.245 e. The molecule has 150 valence electrons. The van der Waals surface area contributed by atoms with Crippen LogP contribution in [0, 0.1) is 5.41 Å². The number of carbonyl (C=O) groups is 1. The van der Waals surface area contributed by atoms with Crippen LogP contribution in [0.2, 0.25) is 0 Å². The summed E-state index contributed by atoms with van der Waals surface area (Å²) in [6, 6.07) is 7.87. The molecule has 0 saturated heterocycles. The summed E-state index contributed by atoms with van der Waals surface area (Å²) in [5, 5.41) is 3.01. The van der Waals surface area contributed by atoms with Crippen LogP contribution in [-0.4, -0.2) is 30.3 Å². The van der Waals surface area contributed by atoms with E-state index in [1.807, 2.05) is 45.0 Å². The van der Waals surface area contributed by atoms with Gasteiger partial charge in [-0.2, -0.15) is 0 Å². The van der Waals surface area contributed by atoms with Gasteiger partial charge < -0.3 is 20.5 Å². The first-order valence-corrected chi connectivity index (χ1v) is 10.3. The topological polar surface area (TPSA) is 73.6 Å². The Bertz CT molecular complexity index is 655. The molecule has 5 heteroatoms. The summed E-state index contributed by atoms with van der Waals surface area (Å²) < 4.78 is 11.8. The predicted octanol–water partition coefficient (Wildman–Crippen LogP) is 4.01. The van der Waals surface area contributed by atoms with Crippen LogP contribution in [0.4, 0.5) is 5.69 Å². The molecule has 1 aromatic carbocycles. The number of rotatable bonds is 7. The molecule has 2 saturated carbocycles. The lowest BCUT2D eigenvalue weighted by Gasteiger charge is -2.57. The van der Waals surface area contributed by atoms with Crippen LogP contribution in [0.5, 0.6) is 0 Å². The molecule has 1 amide bonds. The average Bonchev–Trinajstić information content (AvgIpc) is 2.67. The lowest BCUT2D eigenvalue weighted by molar-refractivity contribution is -0.166. The van der Waals surface area contributed by atoms with Crippen LogP contribution in [0.1, 0.15) is 64.9 Å². The van der Waals surface area contributed by atoms with Crippen molar-refractivity contribution in [1.29, 1.82) is 0 Å². The van der Waals surface area contributed by atoms with Crippen molar-refractivity contribution in [3.8, 4) is 0 Å². The van der Waals surface area contributed by atoms with Crippen molar-refractivity contribution in [3.63, 3.8) is 0 Å². The minimum absolute atomic E-state index is 0.0217. The number of hydrogen-bond acceptors (Lipinski definition) is 4. The van der Waals surface area contributed by atoms with Crippen LogP contribution in [0.15, 0.2) is 24.3 Å². The number of anilines is 1. The molecule has 3 rings (SSSR count). The van der Waals surface area contributed by atoms with E-state index in [4.69, 9.17) is 15.2 Å². The smallest absolute Gasteiger partial charge is 0.245 e. The van der Waals surface area contributed by atoms with Gasteiger partial charge in [-0.1, -0.05) is 45.2 Å². The van der Waals surface area contributed by atoms with Crippen molar-refractivity contribution in [2.45, 2.75) is 83.6 Å². The fourth-order valence-electron chi connectivity index (χ4n) is 4.25. The third kappa shape index (κ3) is 4.20. The third-order valence-corrected chi connectivity index (χ3v) is 6.46. The lowest BCUT2D eigenvalue weighted by atomic mass is 9.54. The maximum atomic E-state index is 12.9. The van der Waals surface area contributed by atoms with Gasteiger partial charge >= 0.3 is 0 Å². The summed E-state index contributed by atoms with van der Waals surface area (Å²) >= 11 is 0. The molecule has 0 aromatic heterocycles. The molecule has 3 N–H and O–H groups in total. The molecule has 2 unspecified atom stereocenters. The molecule has 0 spiro atoms. The van der Waals surface area contributed by atoms with Gasteiger partial charge in [0.25, 0.3) is 0 Å². The lowest BCUT2D eigenvalue weighted by Crippen LogP contribution is -2.74. The molecule has 1 aromatic rings. The zero-order chi connectivity index (χ0) is 19.5. The number of carbonyl (C=O) groups excluding carboxylic acids is 1. The van der Waals surface area contributed by atoms with E-state index in [0.29, 0.717) is 25.7 Å². The minimum atomic E-state index is -0.915. The Labute approximate surface area is 163 Å². The second-order valence-corrected chi connectivity index (χ2v) is 8.57. The Morgan fingerprint density at radius 2 is 1.96 bits per heavy atom. The van der Waals surface area contributed by atoms with Crippen molar-refractivity contribution >= 4 is 11.6 Å². The second-order valence-electron chi connectivity index (χ2n) is 8.57. The average molecular weight is 375 g/mol. The monoisotopic (exact) mass is 374 g/mol. The number of benzene rings is 1. The van der Waals surface area contributed by atoms with E-state index in [0.717, 1.165) is 24.1 Å². The fraction of sp³-hybridized carbons (Fsp3) is 0.682. The van der Waals surface area contributed by atoms with E-state index in [1.54, 1.807) is 0 Å². The highest BCUT2D eigenvalue weighted by Crippen LogP contribution is 2.50. The quantitative estimate of drug-likeness (QED) is 0.756. The Morgan fingerprint density at radius 1 is 1.22 bits per heavy atom. The number of ether oxygens (including phenoxy) is 2. The Hall–Kier alpha value is -1.43. The van der Waals surface area contributed by atoms with E-state index in [-0.39, 0.29) is 12.0 Å². The van der Waals surface area contributed by atoms with Gasteiger partial charge in [-0.05, 0) is 37.5 Å². The number of amides is 1. The van der Waals surface area contributed by atoms with Crippen molar-refractivity contribution in [2.75, 3.05) is 11.9 Å². The third-order valence-electron chi connectivity index (χ3n) is 6.46. The van der Waals surface area contributed by atoms with Gasteiger partial charge in [-0.25, -0.2) is 0 Å². The van der Waals surface area contributed by atoms with Gasteiger partial charge in [0, 0.05) is 24.1 Å². The van der Waals surface area contributed by atoms with Crippen LogP contribution >= 0.6 is 0 Å². The molecule has 2 atom stereocenters. The van der Waals surface area contributed by atoms with Crippen molar-refractivity contribution in [3.05, 3.63) is 29.8 Å². The summed E-state index contributed by atoms with van der Waals surface area (Å²) in [5.74, 6) is -0.145. The highest BCUT2D eigenvalue weighted by Gasteiger charge is 2.62. The highest BCUT2D eigenvalue weighted by molar-refractivity contribution is 5.99. The number of nitrogens with two attached hydrogens (primary N) is 1. The zero-order valence-electron chi connectivity index (χ0n) is 16.9. The highest BCUT2D eigenvalue weighted by atomic mass is 16.5. The van der Waals surface area contributed by atoms with Gasteiger partial charge in [-0.3, -0.25) is 4.79 Å². The van der Waals surface area contributed by atoms with Crippen LogP contribution in [0.3, 0.4) is 0 Å². The molecule has 0 radical (unpaired) electrons. The normalized spacial score (nSPS) is 27.8. The second kappa shape index (κ2) is 8.29. The predicted molar refractivity (Wildman–Crippen MR) is 107 cm³/mol. The molecule has 2 aliphatic carbocycles. The van der Waals surface area contributed by atoms with Crippen molar-refractivity contribution in [1.82, 2.24) is 0 Å². The van der Waals surface area contributed by atoms with E-state index in [9.17, 15) is 4.79 Å². The van der Waals surface area contributed by atoms with E-state index in [2.05, 4.69) is 5.32 Å². The largest absolute Gasteiger partial charge is 0.378 e. The SMILES string of the molecule is CCOC1CC(N)(C(=O)Nc2cccc(COC3CCCCC3)c2)C1(C)C. The fourth-order valence-corrected chi connectivity index (χ4v) is 4.25. The molecule has 0 bridgehead atoms. The first-order valence-electron chi connectivity index (χ1n) is 10.3. The molecule has 2 aliphatic rings. The minimum Gasteiger partial charge on any atom is -0.378 e.